The molecule has 9 nitrogen and oxygen atoms in total. The van der Waals surface area contributed by atoms with Gasteiger partial charge in [-0.1, -0.05) is 17.7 Å². The summed E-state index contributed by atoms with van der Waals surface area (Å²) < 4.78 is 23.8. The van der Waals surface area contributed by atoms with E-state index in [1.807, 2.05) is 0 Å². The quantitative estimate of drug-likeness (QED) is 0.240. The third-order valence-electron chi connectivity index (χ3n) is 4.78. The second kappa shape index (κ2) is 12.3. The van der Waals surface area contributed by atoms with E-state index in [2.05, 4.69) is 21.2 Å². The molecule has 0 spiro atoms. The van der Waals surface area contributed by atoms with Crippen LogP contribution in [0.1, 0.15) is 11.1 Å². The molecule has 0 fully saturated rings. The van der Waals surface area contributed by atoms with E-state index in [9.17, 15) is 18.8 Å². The summed E-state index contributed by atoms with van der Waals surface area (Å²) in [5.41, 5.74) is 4.21. The van der Waals surface area contributed by atoms with Crippen LogP contribution >= 0.6 is 11.6 Å². The standard InChI is InChI=1S/C25H22ClFN4O5/c1-15-19(26)4-3-5-20(15)30-23(32)14-36-21-11-6-16(12-22(21)35-2)13-28-31-25(34)24(33)29-18-9-7-17(27)8-10-18/h3-13H,14H2,1-2H3,(H,29,33)(H,30,32)(H,31,34)/b28-13-. The molecule has 0 aliphatic rings. The molecule has 0 radical (unpaired) electrons. The summed E-state index contributed by atoms with van der Waals surface area (Å²) in [5, 5.41) is 9.34. The van der Waals surface area contributed by atoms with E-state index >= 15 is 0 Å². The van der Waals surface area contributed by atoms with Crippen LogP contribution in [0.2, 0.25) is 5.02 Å². The van der Waals surface area contributed by atoms with Gasteiger partial charge in [-0.15, -0.1) is 0 Å². The lowest BCUT2D eigenvalue weighted by atomic mass is 10.2. The summed E-state index contributed by atoms with van der Waals surface area (Å²) in [6.07, 6.45) is 1.30. The van der Waals surface area contributed by atoms with Gasteiger partial charge in [-0.25, -0.2) is 9.82 Å². The SMILES string of the molecule is COc1cc(/C=N\NC(=O)C(=O)Nc2ccc(F)cc2)ccc1OCC(=O)Nc1cccc(Cl)c1C. The highest BCUT2D eigenvalue weighted by Crippen LogP contribution is 2.28. The lowest BCUT2D eigenvalue weighted by Crippen LogP contribution is -2.32. The highest BCUT2D eigenvalue weighted by atomic mass is 35.5. The Morgan fingerprint density at radius 3 is 2.47 bits per heavy atom. The monoisotopic (exact) mass is 512 g/mol. The number of anilines is 2. The van der Waals surface area contributed by atoms with Crippen LogP contribution < -0.4 is 25.5 Å². The molecule has 186 valence electrons. The number of ether oxygens (including phenoxy) is 2. The van der Waals surface area contributed by atoms with Gasteiger partial charge < -0.3 is 20.1 Å². The van der Waals surface area contributed by atoms with Crippen molar-refractivity contribution in [3.8, 4) is 11.5 Å². The third kappa shape index (κ3) is 7.28. The Kier molecular flexibility index (Phi) is 8.95. The highest BCUT2D eigenvalue weighted by molar-refractivity contribution is 6.39. The number of benzene rings is 3. The molecule has 3 aromatic rings. The third-order valence-corrected chi connectivity index (χ3v) is 5.19. The molecule has 0 saturated carbocycles. The minimum Gasteiger partial charge on any atom is -0.493 e. The van der Waals surface area contributed by atoms with E-state index in [1.165, 1.54) is 25.5 Å². The maximum atomic E-state index is 12.9. The summed E-state index contributed by atoms with van der Waals surface area (Å²) in [6, 6.07) is 14.9. The van der Waals surface area contributed by atoms with Crippen LogP contribution in [0.15, 0.2) is 65.8 Å². The minimum atomic E-state index is -1.01. The zero-order valence-corrected chi connectivity index (χ0v) is 20.1. The summed E-state index contributed by atoms with van der Waals surface area (Å²) >= 11 is 6.07. The van der Waals surface area contributed by atoms with Crippen LogP contribution in [0.4, 0.5) is 15.8 Å². The van der Waals surface area contributed by atoms with Gasteiger partial charge in [0.25, 0.3) is 5.91 Å². The summed E-state index contributed by atoms with van der Waals surface area (Å²) in [6.45, 7) is 1.53. The number of nitrogens with one attached hydrogen (secondary N) is 3. The van der Waals surface area contributed by atoms with Crippen molar-refractivity contribution in [1.82, 2.24) is 5.43 Å². The second-order valence-corrected chi connectivity index (χ2v) is 7.73. The van der Waals surface area contributed by atoms with Crippen molar-refractivity contribution in [3.05, 3.63) is 82.6 Å². The van der Waals surface area contributed by atoms with Gasteiger partial charge in [-0.05, 0) is 72.6 Å². The fourth-order valence-corrected chi connectivity index (χ4v) is 3.07. The molecular formula is C25H22ClFN4O5. The van der Waals surface area contributed by atoms with Gasteiger partial charge in [0.1, 0.15) is 5.82 Å². The Morgan fingerprint density at radius 2 is 1.75 bits per heavy atom. The zero-order chi connectivity index (χ0) is 26.1. The fraction of sp³-hybridized carbons (Fsp3) is 0.120. The van der Waals surface area contributed by atoms with Gasteiger partial charge in [0.2, 0.25) is 0 Å². The second-order valence-electron chi connectivity index (χ2n) is 7.32. The van der Waals surface area contributed by atoms with Crippen molar-refractivity contribution < 1.29 is 28.2 Å². The van der Waals surface area contributed by atoms with Gasteiger partial charge in [0.05, 0.1) is 13.3 Å². The van der Waals surface area contributed by atoms with Crippen molar-refractivity contribution >= 4 is 46.9 Å². The van der Waals surface area contributed by atoms with E-state index in [0.717, 1.165) is 17.7 Å². The van der Waals surface area contributed by atoms with Gasteiger partial charge in [0.15, 0.2) is 18.1 Å². The first-order chi connectivity index (χ1) is 17.3. The van der Waals surface area contributed by atoms with Gasteiger partial charge in [-0.3, -0.25) is 14.4 Å². The van der Waals surface area contributed by atoms with Crippen molar-refractivity contribution in [2.45, 2.75) is 6.92 Å². The molecule has 0 aromatic heterocycles. The normalized spacial score (nSPS) is 10.6. The van der Waals surface area contributed by atoms with Crippen LogP contribution in [0.3, 0.4) is 0 Å². The van der Waals surface area contributed by atoms with Gasteiger partial charge in [-0.2, -0.15) is 5.10 Å². The molecule has 3 N–H and O–H groups in total. The van der Waals surface area contributed by atoms with Crippen molar-refractivity contribution in [2.24, 2.45) is 5.10 Å². The first-order valence-corrected chi connectivity index (χ1v) is 10.9. The number of halogens is 2. The number of amides is 3. The smallest absolute Gasteiger partial charge is 0.329 e. The molecule has 3 rings (SSSR count). The Balaban J connectivity index is 1.53. The molecule has 11 heteroatoms. The fourth-order valence-electron chi connectivity index (χ4n) is 2.89. The minimum absolute atomic E-state index is 0.261. The Labute approximate surface area is 211 Å². The van der Waals surface area contributed by atoms with Crippen LogP contribution in [-0.2, 0) is 14.4 Å². The average Bonchev–Trinajstić information content (AvgIpc) is 2.87. The summed E-state index contributed by atoms with van der Waals surface area (Å²) in [5.74, 6) is -2.18. The molecule has 0 aliphatic heterocycles. The maximum Gasteiger partial charge on any atom is 0.329 e. The van der Waals surface area contributed by atoms with E-state index in [-0.39, 0.29) is 18.2 Å². The molecule has 0 aliphatic carbocycles. The van der Waals surface area contributed by atoms with E-state index in [4.69, 9.17) is 21.1 Å². The average molecular weight is 513 g/mol. The molecule has 0 saturated heterocycles. The number of hydrogen-bond donors (Lipinski definition) is 3. The number of nitrogens with zero attached hydrogens (tertiary/aromatic N) is 1. The van der Waals surface area contributed by atoms with Crippen LogP contribution in [0, 0.1) is 12.7 Å². The first-order valence-electron chi connectivity index (χ1n) is 10.5. The predicted octanol–water partition coefficient (Wildman–Crippen LogP) is 3.90. The van der Waals surface area contributed by atoms with Crippen LogP contribution in [-0.4, -0.2) is 37.7 Å². The molecule has 0 unspecified atom stereocenters. The van der Waals surface area contributed by atoms with Crippen LogP contribution in [0.5, 0.6) is 11.5 Å². The van der Waals surface area contributed by atoms with Crippen molar-refractivity contribution in [2.75, 3.05) is 24.4 Å². The molecule has 3 aromatic carbocycles. The Morgan fingerprint density at radius 1 is 1.00 bits per heavy atom. The molecule has 0 heterocycles. The number of methoxy groups -OCH3 is 1. The molecule has 36 heavy (non-hydrogen) atoms. The zero-order valence-electron chi connectivity index (χ0n) is 19.3. The highest BCUT2D eigenvalue weighted by Gasteiger charge is 2.13. The number of carbonyl (C=O) groups excluding carboxylic acids is 3. The predicted molar refractivity (Wildman–Crippen MR) is 134 cm³/mol. The van der Waals surface area contributed by atoms with Crippen LogP contribution in [0.25, 0.3) is 0 Å². The molecule has 0 atom stereocenters. The Bertz CT molecular complexity index is 1300. The van der Waals surface area contributed by atoms with Gasteiger partial charge >= 0.3 is 11.8 Å². The maximum absolute atomic E-state index is 12.9. The van der Waals surface area contributed by atoms with E-state index in [1.54, 1.807) is 43.3 Å². The topological polar surface area (TPSA) is 118 Å². The van der Waals surface area contributed by atoms with E-state index in [0.29, 0.717) is 27.8 Å². The van der Waals surface area contributed by atoms with Gasteiger partial charge in [0, 0.05) is 16.4 Å². The molecule has 3 amide bonds. The van der Waals surface area contributed by atoms with Crippen molar-refractivity contribution in [1.29, 1.82) is 0 Å². The Hall–Kier alpha value is -4.44. The lowest BCUT2D eigenvalue weighted by molar-refractivity contribution is -0.136. The van der Waals surface area contributed by atoms with Crippen molar-refractivity contribution in [3.63, 3.8) is 0 Å². The molecule has 0 bridgehead atoms. The summed E-state index contributed by atoms with van der Waals surface area (Å²) in [4.78, 5) is 36.1. The van der Waals surface area contributed by atoms with E-state index < -0.39 is 17.6 Å². The number of rotatable bonds is 8. The largest absolute Gasteiger partial charge is 0.493 e. The molecular weight excluding hydrogens is 491 g/mol. The number of hydrogen-bond acceptors (Lipinski definition) is 6. The summed E-state index contributed by atoms with van der Waals surface area (Å²) in [7, 11) is 1.43. The lowest BCUT2D eigenvalue weighted by Gasteiger charge is -2.12. The first kappa shape index (κ1) is 26.2. The number of carbonyl (C=O) groups is 3. The number of hydrazone groups is 1.